The molecule has 0 saturated heterocycles. The lowest BCUT2D eigenvalue weighted by atomic mass is 10.3. The van der Waals surface area contributed by atoms with Crippen molar-refractivity contribution in [3.05, 3.63) is 52.3 Å². The molecule has 0 aliphatic carbocycles. The molecule has 1 aromatic carbocycles. The minimum absolute atomic E-state index is 0.214. The van der Waals surface area contributed by atoms with Crippen LogP contribution in [0.2, 0.25) is 10.0 Å². The molecule has 0 saturated carbocycles. The highest BCUT2D eigenvalue weighted by Gasteiger charge is 2.08. The molecular formula is C11H7Cl2NO2. The lowest BCUT2D eigenvalue weighted by Gasteiger charge is -2.05. The first-order chi connectivity index (χ1) is 7.58. The summed E-state index contributed by atoms with van der Waals surface area (Å²) in [6, 6.07) is 6.55. The van der Waals surface area contributed by atoms with Gasteiger partial charge in [0.2, 0.25) is 0 Å². The minimum atomic E-state index is -0.969. The summed E-state index contributed by atoms with van der Waals surface area (Å²) >= 11 is 11.8. The van der Waals surface area contributed by atoms with Gasteiger partial charge < -0.3 is 9.67 Å². The molecule has 2 aromatic rings. The van der Waals surface area contributed by atoms with Crippen LogP contribution in [-0.4, -0.2) is 15.6 Å². The fraction of sp³-hybridized carbons (Fsp3) is 0. The van der Waals surface area contributed by atoms with Gasteiger partial charge in [-0.05, 0) is 24.3 Å². The zero-order chi connectivity index (χ0) is 11.7. The highest BCUT2D eigenvalue weighted by molar-refractivity contribution is 6.35. The second kappa shape index (κ2) is 4.20. The minimum Gasteiger partial charge on any atom is -0.478 e. The molecular weight excluding hydrogens is 249 g/mol. The van der Waals surface area contributed by atoms with Crippen molar-refractivity contribution >= 4 is 29.2 Å². The quantitative estimate of drug-likeness (QED) is 0.893. The second-order valence-corrected chi connectivity index (χ2v) is 4.05. The molecule has 2 rings (SSSR count). The van der Waals surface area contributed by atoms with Crippen molar-refractivity contribution in [3.8, 4) is 5.69 Å². The molecule has 0 spiro atoms. The number of carboxylic acid groups (broad SMARTS) is 1. The Bertz CT molecular complexity index is 549. The second-order valence-electron chi connectivity index (χ2n) is 3.21. The Kier molecular flexibility index (Phi) is 2.90. The topological polar surface area (TPSA) is 42.2 Å². The van der Waals surface area contributed by atoms with Gasteiger partial charge in [-0.1, -0.05) is 23.2 Å². The number of rotatable bonds is 2. The smallest absolute Gasteiger partial charge is 0.337 e. The van der Waals surface area contributed by atoms with Crippen LogP contribution < -0.4 is 0 Å². The zero-order valence-corrected chi connectivity index (χ0v) is 9.53. The number of benzene rings is 1. The molecule has 0 radical (unpaired) electrons. The fourth-order valence-electron chi connectivity index (χ4n) is 1.36. The Morgan fingerprint density at radius 2 is 2.00 bits per heavy atom. The average Bonchev–Trinajstić information content (AvgIpc) is 2.66. The molecule has 0 atom stereocenters. The Morgan fingerprint density at radius 3 is 2.56 bits per heavy atom. The van der Waals surface area contributed by atoms with E-state index in [0.29, 0.717) is 15.7 Å². The molecule has 3 nitrogen and oxygen atoms in total. The molecule has 0 fully saturated rings. The molecule has 0 aliphatic rings. The highest BCUT2D eigenvalue weighted by atomic mass is 35.5. The van der Waals surface area contributed by atoms with Crippen LogP contribution in [0.3, 0.4) is 0 Å². The molecule has 1 heterocycles. The van der Waals surface area contributed by atoms with Crippen molar-refractivity contribution < 1.29 is 9.90 Å². The lowest BCUT2D eigenvalue weighted by molar-refractivity contribution is 0.0697. The van der Waals surface area contributed by atoms with Gasteiger partial charge in [-0.15, -0.1) is 0 Å². The van der Waals surface area contributed by atoms with Crippen LogP contribution >= 0.6 is 23.2 Å². The van der Waals surface area contributed by atoms with Gasteiger partial charge in [-0.3, -0.25) is 0 Å². The number of carbonyl (C=O) groups is 1. The normalized spacial score (nSPS) is 10.4. The Hall–Kier alpha value is -1.45. The van der Waals surface area contributed by atoms with Crippen molar-refractivity contribution in [3.63, 3.8) is 0 Å². The van der Waals surface area contributed by atoms with Gasteiger partial charge >= 0.3 is 5.97 Å². The van der Waals surface area contributed by atoms with E-state index in [1.54, 1.807) is 29.0 Å². The number of aromatic nitrogens is 1. The van der Waals surface area contributed by atoms with E-state index in [0.717, 1.165) is 0 Å². The van der Waals surface area contributed by atoms with Crippen molar-refractivity contribution in [2.24, 2.45) is 0 Å². The Balaban J connectivity index is 2.46. The van der Waals surface area contributed by atoms with Gasteiger partial charge in [0.25, 0.3) is 0 Å². The SMILES string of the molecule is O=C(O)c1ccn(-c2ccc(Cl)cc2Cl)c1. The largest absolute Gasteiger partial charge is 0.478 e. The van der Waals surface area contributed by atoms with Crippen LogP contribution in [0.4, 0.5) is 0 Å². The summed E-state index contributed by atoms with van der Waals surface area (Å²) in [5, 5.41) is 9.80. The van der Waals surface area contributed by atoms with Gasteiger partial charge in [0.15, 0.2) is 0 Å². The highest BCUT2D eigenvalue weighted by Crippen LogP contribution is 2.24. The van der Waals surface area contributed by atoms with E-state index in [1.807, 2.05) is 0 Å². The molecule has 1 N–H and O–H groups in total. The summed E-state index contributed by atoms with van der Waals surface area (Å²) < 4.78 is 1.64. The number of nitrogens with zero attached hydrogens (tertiary/aromatic N) is 1. The Labute approximate surface area is 102 Å². The van der Waals surface area contributed by atoms with Crippen molar-refractivity contribution in [1.29, 1.82) is 0 Å². The average molecular weight is 256 g/mol. The van der Waals surface area contributed by atoms with Crippen molar-refractivity contribution in [2.75, 3.05) is 0 Å². The van der Waals surface area contributed by atoms with E-state index >= 15 is 0 Å². The molecule has 0 unspecified atom stereocenters. The van der Waals surface area contributed by atoms with Gasteiger partial charge in [0, 0.05) is 17.4 Å². The summed E-state index contributed by atoms with van der Waals surface area (Å²) in [6.07, 6.45) is 3.13. The predicted molar refractivity (Wildman–Crippen MR) is 62.7 cm³/mol. The van der Waals surface area contributed by atoms with E-state index < -0.39 is 5.97 Å². The summed E-state index contributed by atoms with van der Waals surface area (Å²) in [7, 11) is 0. The first-order valence-corrected chi connectivity index (χ1v) is 5.20. The third kappa shape index (κ3) is 2.05. The van der Waals surface area contributed by atoms with E-state index in [1.165, 1.54) is 12.3 Å². The molecule has 16 heavy (non-hydrogen) atoms. The van der Waals surface area contributed by atoms with Crippen LogP contribution in [0.5, 0.6) is 0 Å². The standard InChI is InChI=1S/C11H7Cl2NO2/c12-8-1-2-10(9(13)5-8)14-4-3-7(6-14)11(15)16/h1-6H,(H,15,16). The number of hydrogen-bond donors (Lipinski definition) is 1. The maximum atomic E-state index is 10.7. The molecule has 82 valence electrons. The number of aromatic carboxylic acids is 1. The van der Waals surface area contributed by atoms with Crippen LogP contribution in [0, 0.1) is 0 Å². The fourth-order valence-corrected chi connectivity index (χ4v) is 1.87. The molecule has 0 bridgehead atoms. The number of carboxylic acids is 1. The van der Waals surface area contributed by atoms with Crippen LogP contribution in [-0.2, 0) is 0 Å². The van der Waals surface area contributed by atoms with Crippen LogP contribution in [0.25, 0.3) is 5.69 Å². The van der Waals surface area contributed by atoms with Gasteiger partial charge in [-0.2, -0.15) is 0 Å². The van der Waals surface area contributed by atoms with Crippen LogP contribution in [0.15, 0.2) is 36.7 Å². The molecule has 0 amide bonds. The number of hydrogen-bond acceptors (Lipinski definition) is 1. The monoisotopic (exact) mass is 255 g/mol. The molecule has 0 aliphatic heterocycles. The summed E-state index contributed by atoms with van der Waals surface area (Å²) in [5.41, 5.74) is 0.907. The van der Waals surface area contributed by atoms with E-state index in [-0.39, 0.29) is 5.56 Å². The summed E-state index contributed by atoms with van der Waals surface area (Å²) in [4.78, 5) is 10.7. The first-order valence-electron chi connectivity index (χ1n) is 4.44. The first kappa shape index (κ1) is 11.0. The van der Waals surface area contributed by atoms with Gasteiger partial charge in [0.05, 0.1) is 16.3 Å². The summed E-state index contributed by atoms with van der Waals surface area (Å²) in [6.45, 7) is 0. The van der Waals surface area contributed by atoms with E-state index in [4.69, 9.17) is 28.3 Å². The molecule has 5 heteroatoms. The maximum Gasteiger partial charge on any atom is 0.337 e. The summed E-state index contributed by atoms with van der Waals surface area (Å²) in [5.74, 6) is -0.969. The Morgan fingerprint density at radius 1 is 1.25 bits per heavy atom. The lowest BCUT2D eigenvalue weighted by Crippen LogP contribution is -1.95. The third-order valence-corrected chi connectivity index (χ3v) is 2.67. The van der Waals surface area contributed by atoms with Crippen molar-refractivity contribution in [2.45, 2.75) is 0 Å². The van der Waals surface area contributed by atoms with Crippen molar-refractivity contribution in [1.82, 2.24) is 4.57 Å². The van der Waals surface area contributed by atoms with E-state index in [9.17, 15) is 4.79 Å². The van der Waals surface area contributed by atoms with Gasteiger partial charge in [0.1, 0.15) is 0 Å². The van der Waals surface area contributed by atoms with E-state index in [2.05, 4.69) is 0 Å². The predicted octanol–water partition coefficient (Wildman–Crippen LogP) is 3.48. The van der Waals surface area contributed by atoms with Gasteiger partial charge in [-0.25, -0.2) is 4.79 Å². The maximum absolute atomic E-state index is 10.7. The van der Waals surface area contributed by atoms with Crippen LogP contribution in [0.1, 0.15) is 10.4 Å². The third-order valence-electron chi connectivity index (χ3n) is 2.13. The number of halogens is 2. The zero-order valence-electron chi connectivity index (χ0n) is 8.02. The molecule has 1 aromatic heterocycles.